The Hall–Kier alpha value is -1.62. The van der Waals surface area contributed by atoms with Crippen LogP contribution in [-0.2, 0) is 20.0 Å². The SMILES string of the molecule is CCc1cc(Cn2cnc(Cl)cc2=O)n(C)n1. The molecule has 0 N–H and O–H groups in total. The summed E-state index contributed by atoms with van der Waals surface area (Å²) < 4.78 is 3.28. The highest BCUT2D eigenvalue weighted by atomic mass is 35.5. The van der Waals surface area contributed by atoms with Gasteiger partial charge in [0.1, 0.15) is 5.15 Å². The fraction of sp³-hybridized carbons (Fsp3) is 0.364. The van der Waals surface area contributed by atoms with E-state index in [1.807, 2.05) is 20.0 Å². The van der Waals surface area contributed by atoms with Gasteiger partial charge >= 0.3 is 0 Å². The zero-order chi connectivity index (χ0) is 12.4. The Balaban J connectivity index is 2.31. The van der Waals surface area contributed by atoms with Gasteiger partial charge in [-0.15, -0.1) is 0 Å². The molecule has 2 aromatic rings. The van der Waals surface area contributed by atoms with Crippen LogP contribution < -0.4 is 5.56 Å². The van der Waals surface area contributed by atoms with Gasteiger partial charge in [0, 0.05) is 13.1 Å². The van der Waals surface area contributed by atoms with Gasteiger partial charge in [0.25, 0.3) is 5.56 Å². The molecule has 0 atom stereocenters. The summed E-state index contributed by atoms with van der Waals surface area (Å²) in [4.78, 5) is 15.5. The lowest BCUT2D eigenvalue weighted by molar-refractivity contribution is 0.642. The Morgan fingerprint density at radius 2 is 2.18 bits per heavy atom. The van der Waals surface area contributed by atoms with Gasteiger partial charge in [-0.25, -0.2) is 4.98 Å². The third-order valence-corrected chi connectivity index (χ3v) is 2.77. The Morgan fingerprint density at radius 1 is 1.41 bits per heavy atom. The first-order chi connectivity index (χ1) is 8.10. The van der Waals surface area contributed by atoms with Gasteiger partial charge in [-0.3, -0.25) is 14.0 Å². The topological polar surface area (TPSA) is 52.7 Å². The van der Waals surface area contributed by atoms with E-state index < -0.39 is 0 Å². The summed E-state index contributed by atoms with van der Waals surface area (Å²) in [6, 6.07) is 3.29. The second kappa shape index (κ2) is 4.71. The summed E-state index contributed by atoms with van der Waals surface area (Å²) >= 11 is 5.64. The number of hydrogen-bond acceptors (Lipinski definition) is 3. The van der Waals surface area contributed by atoms with Gasteiger partial charge in [0.15, 0.2) is 0 Å². The summed E-state index contributed by atoms with van der Waals surface area (Å²) in [5.74, 6) is 0. The summed E-state index contributed by atoms with van der Waals surface area (Å²) in [7, 11) is 1.86. The molecule has 0 aromatic carbocycles. The van der Waals surface area contributed by atoms with Crippen LogP contribution in [0.3, 0.4) is 0 Å². The summed E-state index contributed by atoms with van der Waals surface area (Å²) in [6.07, 6.45) is 2.32. The van der Waals surface area contributed by atoms with Crippen molar-refractivity contribution >= 4 is 11.6 Å². The molecular weight excluding hydrogens is 240 g/mol. The first-order valence-corrected chi connectivity index (χ1v) is 5.71. The number of nitrogens with zero attached hydrogens (tertiary/aromatic N) is 4. The molecule has 5 nitrogen and oxygen atoms in total. The first kappa shape index (κ1) is 11.9. The van der Waals surface area contributed by atoms with E-state index in [0.717, 1.165) is 17.8 Å². The van der Waals surface area contributed by atoms with Crippen LogP contribution in [0.25, 0.3) is 0 Å². The molecule has 0 radical (unpaired) electrons. The van der Waals surface area contributed by atoms with Crippen LogP contribution in [0.2, 0.25) is 5.15 Å². The molecular formula is C11H13ClN4O. The summed E-state index contributed by atoms with van der Waals surface area (Å²) in [6.45, 7) is 2.49. The van der Waals surface area contributed by atoms with Crippen LogP contribution in [-0.4, -0.2) is 19.3 Å². The van der Waals surface area contributed by atoms with Crippen molar-refractivity contribution < 1.29 is 0 Å². The first-order valence-electron chi connectivity index (χ1n) is 5.34. The predicted molar refractivity (Wildman–Crippen MR) is 65.2 cm³/mol. The van der Waals surface area contributed by atoms with Crippen LogP contribution in [0.1, 0.15) is 18.3 Å². The molecule has 0 saturated heterocycles. The maximum Gasteiger partial charge on any atom is 0.255 e. The van der Waals surface area contributed by atoms with Crippen LogP contribution in [0.5, 0.6) is 0 Å². The van der Waals surface area contributed by atoms with Crippen molar-refractivity contribution in [2.75, 3.05) is 0 Å². The number of halogens is 1. The molecule has 0 bridgehead atoms. The van der Waals surface area contributed by atoms with Crippen molar-refractivity contribution in [1.82, 2.24) is 19.3 Å². The van der Waals surface area contributed by atoms with E-state index >= 15 is 0 Å². The van der Waals surface area contributed by atoms with Gasteiger partial charge in [0.2, 0.25) is 0 Å². The minimum absolute atomic E-state index is 0.163. The third kappa shape index (κ3) is 2.55. The molecule has 2 aromatic heterocycles. The molecule has 0 aliphatic heterocycles. The van der Waals surface area contributed by atoms with E-state index in [1.165, 1.54) is 17.0 Å². The zero-order valence-electron chi connectivity index (χ0n) is 9.72. The minimum atomic E-state index is -0.163. The number of rotatable bonds is 3. The lowest BCUT2D eigenvalue weighted by Gasteiger charge is -2.04. The molecule has 0 fully saturated rings. The Labute approximate surface area is 104 Å². The number of aromatic nitrogens is 4. The summed E-state index contributed by atoms with van der Waals surface area (Å²) in [5.41, 5.74) is 1.81. The highest BCUT2D eigenvalue weighted by Gasteiger charge is 2.06. The smallest absolute Gasteiger partial charge is 0.255 e. The van der Waals surface area contributed by atoms with Crippen molar-refractivity contribution in [2.45, 2.75) is 19.9 Å². The van der Waals surface area contributed by atoms with E-state index in [4.69, 9.17) is 11.6 Å². The van der Waals surface area contributed by atoms with Crippen molar-refractivity contribution in [3.05, 3.63) is 45.4 Å². The fourth-order valence-corrected chi connectivity index (χ4v) is 1.73. The Bertz CT molecular complexity index is 587. The zero-order valence-corrected chi connectivity index (χ0v) is 10.5. The molecule has 0 saturated carbocycles. The molecule has 0 unspecified atom stereocenters. The average molecular weight is 253 g/mol. The van der Waals surface area contributed by atoms with Gasteiger partial charge in [-0.1, -0.05) is 18.5 Å². The Morgan fingerprint density at radius 3 is 2.76 bits per heavy atom. The van der Waals surface area contributed by atoms with E-state index in [9.17, 15) is 4.79 Å². The van der Waals surface area contributed by atoms with Crippen LogP contribution >= 0.6 is 11.6 Å². The summed E-state index contributed by atoms with van der Waals surface area (Å²) in [5, 5.41) is 4.54. The van der Waals surface area contributed by atoms with E-state index in [0.29, 0.717) is 6.54 Å². The molecule has 90 valence electrons. The molecule has 0 aliphatic carbocycles. The van der Waals surface area contributed by atoms with Crippen molar-refractivity contribution in [1.29, 1.82) is 0 Å². The second-order valence-electron chi connectivity index (χ2n) is 3.78. The van der Waals surface area contributed by atoms with Crippen LogP contribution in [0.4, 0.5) is 0 Å². The van der Waals surface area contributed by atoms with Gasteiger partial charge in [-0.2, -0.15) is 5.10 Å². The second-order valence-corrected chi connectivity index (χ2v) is 4.17. The Kier molecular flexibility index (Phi) is 3.28. The standard InChI is InChI=1S/C11H13ClN4O/c1-3-8-4-9(15(2)14-8)6-16-7-13-10(12)5-11(16)17/h4-5,7H,3,6H2,1-2H3. The van der Waals surface area contributed by atoms with Gasteiger partial charge in [0.05, 0.1) is 24.3 Å². The molecule has 0 spiro atoms. The quantitative estimate of drug-likeness (QED) is 0.773. The van der Waals surface area contributed by atoms with E-state index in [2.05, 4.69) is 10.1 Å². The van der Waals surface area contributed by atoms with Crippen molar-refractivity contribution in [3.8, 4) is 0 Å². The molecule has 0 amide bonds. The van der Waals surface area contributed by atoms with Crippen LogP contribution in [0.15, 0.2) is 23.3 Å². The lowest BCUT2D eigenvalue weighted by atomic mass is 10.3. The normalized spacial score (nSPS) is 10.8. The van der Waals surface area contributed by atoms with Crippen molar-refractivity contribution in [2.24, 2.45) is 7.05 Å². The molecule has 6 heteroatoms. The minimum Gasteiger partial charge on any atom is -0.293 e. The van der Waals surface area contributed by atoms with Crippen molar-refractivity contribution in [3.63, 3.8) is 0 Å². The predicted octanol–water partition coefficient (Wildman–Crippen LogP) is 1.24. The van der Waals surface area contributed by atoms with E-state index in [1.54, 1.807) is 4.68 Å². The molecule has 2 rings (SSSR count). The number of aryl methyl sites for hydroxylation is 2. The number of hydrogen-bond donors (Lipinski definition) is 0. The monoisotopic (exact) mass is 252 g/mol. The maximum atomic E-state index is 11.6. The molecule has 2 heterocycles. The van der Waals surface area contributed by atoms with E-state index in [-0.39, 0.29) is 10.7 Å². The lowest BCUT2D eigenvalue weighted by Crippen LogP contribution is -2.21. The largest absolute Gasteiger partial charge is 0.293 e. The third-order valence-electron chi connectivity index (χ3n) is 2.57. The van der Waals surface area contributed by atoms with Gasteiger partial charge in [-0.05, 0) is 12.5 Å². The molecule has 17 heavy (non-hydrogen) atoms. The fourth-order valence-electron chi connectivity index (χ4n) is 1.59. The molecule has 0 aliphatic rings. The highest BCUT2D eigenvalue weighted by molar-refractivity contribution is 6.29. The average Bonchev–Trinajstić information content (AvgIpc) is 2.64. The van der Waals surface area contributed by atoms with Crippen LogP contribution in [0, 0.1) is 0 Å². The highest BCUT2D eigenvalue weighted by Crippen LogP contribution is 2.05. The maximum absolute atomic E-state index is 11.6. The van der Waals surface area contributed by atoms with Gasteiger partial charge < -0.3 is 0 Å².